The predicted octanol–water partition coefficient (Wildman–Crippen LogP) is 2.13. The van der Waals surface area contributed by atoms with Crippen LogP contribution in [0.4, 0.5) is 0 Å². The normalized spacial score (nSPS) is 17.8. The zero-order valence-corrected chi connectivity index (χ0v) is 12.4. The number of nitrogens with zero attached hydrogens (tertiary/aromatic N) is 2. The molecule has 1 unspecified atom stereocenters. The summed E-state index contributed by atoms with van der Waals surface area (Å²) in [4.78, 5) is 27.2. The van der Waals surface area contributed by atoms with Gasteiger partial charge < -0.3 is 15.0 Å². The Hall–Kier alpha value is -1.85. The van der Waals surface area contributed by atoms with Crippen molar-refractivity contribution in [1.29, 1.82) is 0 Å². The van der Waals surface area contributed by atoms with Gasteiger partial charge in [0.25, 0.3) is 0 Å². The van der Waals surface area contributed by atoms with Crippen LogP contribution in [0.5, 0.6) is 0 Å². The van der Waals surface area contributed by atoms with E-state index in [1.54, 1.807) is 12.5 Å². The van der Waals surface area contributed by atoms with Crippen molar-refractivity contribution in [2.75, 3.05) is 0 Å². The third-order valence-electron chi connectivity index (χ3n) is 4.19. The lowest BCUT2D eigenvalue weighted by Gasteiger charge is -2.41. The maximum absolute atomic E-state index is 12.3. The lowest BCUT2D eigenvalue weighted by molar-refractivity contribution is -0.140. The van der Waals surface area contributed by atoms with Crippen molar-refractivity contribution in [3.63, 3.8) is 0 Å². The fourth-order valence-corrected chi connectivity index (χ4v) is 2.97. The molecule has 1 amide bonds. The molecule has 1 aliphatic rings. The van der Waals surface area contributed by atoms with Crippen LogP contribution in [0, 0.1) is 0 Å². The molecule has 0 radical (unpaired) electrons. The van der Waals surface area contributed by atoms with Crippen LogP contribution in [0.15, 0.2) is 18.7 Å². The Balaban J connectivity index is 1.94. The summed E-state index contributed by atoms with van der Waals surface area (Å²) in [6.07, 6.45) is 10.1. The van der Waals surface area contributed by atoms with E-state index in [1.165, 1.54) is 0 Å². The number of hydrogen-bond acceptors (Lipinski definition) is 3. The van der Waals surface area contributed by atoms with Crippen molar-refractivity contribution < 1.29 is 14.7 Å². The van der Waals surface area contributed by atoms with E-state index < -0.39 is 11.5 Å². The molecule has 1 aromatic heterocycles. The fraction of sp³-hybridized carbons (Fsp3) is 0.667. The lowest BCUT2D eigenvalue weighted by Crippen LogP contribution is -2.54. The van der Waals surface area contributed by atoms with Crippen molar-refractivity contribution >= 4 is 11.9 Å². The van der Waals surface area contributed by atoms with Crippen LogP contribution in [0.3, 0.4) is 0 Å². The zero-order chi connectivity index (χ0) is 15.3. The molecule has 0 aromatic carbocycles. The van der Waals surface area contributed by atoms with Gasteiger partial charge in [-0.3, -0.25) is 9.59 Å². The summed E-state index contributed by atoms with van der Waals surface area (Å²) in [5.41, 5.74) is -0.519. The molecule has 21 heavy (non-hydrogen) atoms. The SMILES string of the molecule is CCCC(CC(=O)NC1(CC(=O)O)CCC1)n1ccnc1. The molecule has 1 atom stereocenters. The molecule has 1 fully saturated rings. The van der Waals surface area contributed by atoms with E-state index in [-0.39, 0.29) is 18.4 Å². The molecule has 1 aromatic rings. The summed E-state index contributed by atoms with van der Waals surface area (Å²) in [6, 6.07) is 0.0828. The average molecular weight is 293 g/mol. The molecule has 6 heteroatoms. The standard InChI is InChI=1S/C15H23N3O3/c1-2-4-12(18-8-7-16-11-18)9-13(19)17-15(5-3-6-15)10-14(20)21/h7-8,11-12H,2-6,9-10H2,1H3,(H,17,19)(H,20,21). The molecule has 1 aliphatic carbocycles. The molecule has 0 spiro atoms. The second-order valence-corrected chi connectivity index (χ2v) is 5.91. The number of nitrogens with one attached hydrogen (secondary N) is 1. The Morgan fingerprint density at radius 2 is 2.24 bits per heavy atom. The Morgan fingerprint density at radius 1 is 1.48 bits per heavy atom. The van der Waals surface area contributed by atoms with Crippen LogP contribution in [0.25, 0.3) is 0 Å². The largest absolute Gasteiger partial charge is 0.481 e. The van der Waals surface area contributed by atoms with Gasteiger partial charge in [-0.05, 0) is 25.7 Å². The highest BCUT2D eigenvalue weighted by molar-refractivity contribution is 5.79. The van der Waals surface area contributed by atoms with Crippen molar-refractivity contribution in [2.45, 2.75) is 63.5 Å². The molecule has 116 valence electrons. The first-order chi connectivity index (χ1) is 10.0. The number of hydrogen-bond donors (Lipinski definition) is 2. The van der Waals surface area contributed by atoms with E-state index in [9.17, 15) is 9.59 Å². The van der Waals surface area contributed by atoms with Gasteiger partial charge in [0, 0.05) is 24.9 Å². The number of imidazole rings is 1. The van der Waals surface area contributed by atoms with Gasteiger partial charge in [-0.2, -0.15) is 0 Å². The Kier molecular flexibility index (Phi) is 4.98. The summed E-state index contributed by atoms with van der Waals surface area (Å²) < 4.78 is 1.95. The number of rotatable bonds is 8. The van der Waals surface area contributed by atoms with Gasteiger partial charge in [-0.25, -0.2) is 4.98 Å². The first-order valence-electron chi connectivity index (χ1n) is 7.55. The number of carboxylic acids is 1. The van der Waals surface area contributed by atoms with Crippen molar-refractivity contribution in [3.8, 4) is 0 Å². The first-order valence-corrected chi connectivity index (χ1v) is 7.55. The van der Waals surface area contributed by atoms with E-state index >= 15 is 0 Å². The van der Waals surface area contributed by atoms with Crippen molar-refractivity contribution in [2.24, 2.45) is 0 Å². The van der Waals surface area contributed by atoms with Crippen molar-refractivity contribution in [3.05, 3.63) is 18.7 Å². The molecule has 1 saturated carbocycles. The van der Waals surface area contributed by atoms with Gasteiger partial charge >= 0.3 is 5.97 Å². The first kappa shape index (κ1) is 15.5. The summed E-state index contributed by atoms with van der Waals surface area (Å²) in [7, 11) is 0. The minimum Gasteiger partial charge on any atom is -0.481 e. The lowest BCUT2D eigenvalue weighted by atomic mass is 9.74. The van der Waals surface area contributed by atoms with Gasteiger partial charge in [0.2, 0.25) is 5.91 Å². The van der Waals surface area contributed by atoms with Crippen LogP contribution < -0.4 is 5.32 Å². The van der Waals surface area contributed by atoms with E-state index in [0.717, 1.165) is 32.1 Å². The molecular formula is C15H23N3O3. The molecule has 1 heterocycles. The summed E-state index contributed by atoms with van der Waals surface area (Å²) in [6.45, 7) is 2.08. The number of carbonyl (C=O) groups is 2. The van der Waals surface area contributed by atoms with E-state index in [4.69, 9.17) is 5.11 Å². The third-order valence-corrected chi connectivity index (χ3v) is 4.19. The highest BCUT2D eigenvalue weighted by atomic mass is 16.4. The number of carbonyl (C=O) groups excluding carboxylic acids is 1. The fourth-order valence-electron chi connectivity index (χ4n) is 2.97. The molecule has 2 rings (SSSR count). The van der Waals surface area contributed by atoms with Gasteiger partial charge in [0.05, 0.1) is 18.3 Å². The monoisotopic (exact) mass is 293 g/mol. The quantitative estimate of drug-likeness (QED) is 0.769. The topological polar surface area (TPSA) is 84.2 Å². The van der Waals surface area contributed by atoms with E-state index in [1.807, 2.05) is 10.8 Å². The Morgan fingerprint density at radius 3 is 2.71 bits per heavy atom. The summed E-state index contributed by atoms with van der Waals surface area (Å²) in [5.74, 6) is -0.919. The number of aliphatic carboxylic acids is 1. The predicted molar refractivity (Wildman–Crippen MR) is 77.8 cm³/mol. The molecule has 0 bridgehead atoms. The second kappa shape index (κ2) is 6.74. The van der Waals surface area contributed by atoms with Crippen LogP contribution >= 0.6 is 0 Å². The van der Waals surface area contributed by atoms with Gasteiger partial charge in [0.15, 0.2) is 0 Å². The minimum absolute atomic E-state index is 0.0161. The highest BCUT2D eigenvalue weighted by Gasteiger charge is 2.40. The molecular weight excluding hydrogens is 270 g/mol. The van der Waals surface area contributed by atoms with E-state index in [0.29, 0.717) is 6.42 Å². The Labute approximate surface area is 124 Å². The number of amides is 1. The smallest absolute Gasteiger partial charge is 0.305 e. The maximum atomic E-state index is 12.3. The van der Waals surface area contributed by atoms with Gasteiger partial charge in [0.1, 0.15) is 0 Å². The summed E-state index contributed by atoms with van der Waals surface area (Å²) in [5, 5.41) is 11.9. The molecule has 6 nitrogen and oxygen atoms in total. The zero-order valence-electron chi connectivity index (χ0n) is 12.4. The minimum atomic E-state index is -0.852. The van der Waals surface area contributed by atoms with Crippen molar-refractivity contribution in [1.82, 2.24) is 14.9 Å². The van der Waals surface area contributed by atoms with Crippen LogP contribution in [0.2, 0.25) is 0 Å². The molecule has 0 saturated heterocycles. The van der Waals surface area contributed by atoms with E-state index in [2.05, 4.69) is 17.2 Å². The second-order valence-electron chi connectivity index (χ2n) is 5.91. The number of aromatic nitrogens is 2. The van der Waals surface area contributed by atoms with Gasteiger partial charge in [-0.15, -0.1) is 0 Å². The Bertz CT molecular complexity index is 480. The number of carboxylic acid groups (broad SMARTS) is 1. The summed E-state index contributed by atoms with van der Waals surface area (Å²) >= 11 is 0. The van der Waals surface area contributed by atoms with Crippen LogP contribution in [-0.2, 0) is 9.59 Å². The molecule has 0 aliphatic heterocycles. The van der Waals surface area contributed by atoms with Gasteiger partial charge in [-0.1, -0.05) is 13.3 Å². The van der Waals surface area contributed by atoms with Crippen LogP contribution in [-0.4, -0.2) is 32.1 Å². The maximum Gasteiger partial charge on any atom is 0.305 e. The molecule has 2 N–H and O–H groups in total. The van der Waals surface area contributed by atoms with Crippen LogP contribution in [0.1, 0.15) is 57.9 Å². The average Bonchev–Trinajstić information content (AvgIpc) is 2.88. The highest BCUT2D eigenvalue weighted by Crippen LogP contribution is 2.35. The third kappa shape index (κ3) is 4.06.